The van der Waals surface area contributed by atoms with Gasteiger partial charge in [0.25, 0.3) is 0 Å². The molecular formula is C15H26N4O. The third kappa shape index (κ3) is 4.15. The van der Waals surface area contributed by atoms with Crippen LogP contribution >= 0.6 is 0 Å². The van der Waals surface area contributed by atoms with E-state index in [1.54, 1.807) is 7.11 Å². The molecule has 5 heteroatoms. The van der Waals surface area contributed by atoms with Crippen LogP contribution in [0.4, 0.5) is 5.82 Å². The van der Waals surface area contributed by atoms with Gasteiger partial charge in [-0.25, -0.2) is 0 Å². The van der Waals surface area contributed by atoms with Crippen LogP contribution in [0.3, 0.4) is 0 Å². The number of hydrogen-bond donors (Lipinski definition) is 1. The van der Waals surface area contributed by atoms with Gasteiger partial charge in [-0.15, -0.1) is 5.10 Å². The lowest BCUT2D eigenvalue weighted by molar-refractivity contribution is 0.202. The van der Waals surface area contributed by atoms with Gasteiger partial charge in [0.1, 0.15) is 0 Å². The van der Waals surface area contributed by atoms with E-state index >= 15 is 0 Å². The maximum Gasteiger partial charge on any atom is 0.151 e. The van der Waals surface area contributed by atoms with Crippen molar-refractivity contribution in [2.75, 3.05) is 31.7 Å². The Morgan fingerprint density at radius 1 is 1.40 bits per heavy atom. The van der Waals surface area contributed by atoms with E-state index in [9.17, 15) is 0 Å². The van der Waals surface area contributed by atoms with Gasteiger partial charge in [0.2, 0.25) is 0 Å². The molecule has 20 heavy (non-hydrogen) atoms. The van der Waals surface area contributed by atoms with E-state index < -0.39 is 0 Å². The number of nitrogens with zero attached hydrogens (tertiary/aromatic N) is 3. The summed E-state index contributed by atoms with van der Waals surface area (Å²) in [7, 11) is 1.74. The summed E-state index contributed by atoms with van der Waals surface area (Å²) < 4.78 is 5.22. The van der Waals surface area contributed by atoms with Gasteiger partial charge in [-0.05, 0) is 44.4 Å². The van der Waals surface area contributed by atoms with Crippen LogP contribution in [0.15, 0.2) is 12.1 Å². The molecule has 5 nitrogen and oxygen atoms in total. The zero-order valence-electron chi connectivity index (χ0n) is 12.8. The Morgan fingerprint density at radius 2 is 2.20 bits per heavy atom. The topological polar surface area (TPSA) is 50.3 Å². The van der Waals surface area contributed by atoms with Crippen molar-refractivity contribution in [3.63, 3.8) is 0 Å². The lowest BCUT2D eigenvalue weighted by atomic mass is 10.2. The average molecular weight is 278 g/mol. The van der Waals surface area contributed by atoms with Crippen LogP contribution in [0.25, 0.3) is 0 Å². The molecule has 0 amide bonds. The first kappa shape index (κ1) is 15.2. The fraction of sp³-hybridized carbons (Fsp3) is 0.733. The zero-order chi connectivity index (χ0) is 14.4. The molecular weight excluding hydrogens is 252 g/mol. The van der Waals surface area contributed by atoms with Crippen molar-refractivity contribution in [3.05, 3.63) is 17.8 Å². The molecule has 1 N–H and O–H groups in total. The standard InChI is InChI=1S/C15H26N4O/c1-4-16-11-14-7-8-15(18-17-14)19(9-10-20-3)12(2)13-5-6-13/h7-8,12-13,16H,4-6,9-11H2,1-3H3. The molecule has 0 saturated heterocycles. The van der Waals surface area contributed by atoms with E-state index in [-0.39, 0.29) is 0 Å². The molecule has 0 aromatic carbocycles. The second kappa shape index (κ2) is 7.55. The molecule has 0 spiro atoms. The summed E-state index contributed by atoms with van der Waals surface area (Å²) in [5.74, 6) is 1.76. The summed E-state index contributed by atoms with van der Waals surface area (Å²) in [6.45, 7) is 7.68. The van der Waals surface area contributed by atoms with Crippen LogP contribution in [0.1, 0.15) is 32.4 Å². The van der Waals surface area contributed by atoms with Gasteiger partial charge in [0.15, 0.2) is 5.82 Å². The second-order valence-electron chi connectivity index (χ2n) is 5.43. The number of nitrogens with one attached hydrogen (secondary N) is 1. The van der Waals surface area contributed by atoms with Crippen LogP contribution < -0.4 is 10.2 Å². The number of anilines is 1. The third-order valence-corrected chi connectivity index (χ3v) is 3.89. The van der Waals surface area contributed by atoms with Crippen molar-refractivity contribution in [2.45, 2.75) is 39.3 Å². The van der Waals surface area contributed by atoms with E-state index in [1.165, 1.54) is 12.8 Å². The van der Waals surface area contributed by atoms with Crippen molar-refractivity contribution >= 4 is 5.82 Å². The average Bonchev–Trinajstić information content (AvgIpc) is 3.31. The van der Waals surface area contributed by atoms with Crippen LogP contribution in [-0.2, 0) is 11.3 Å². The number of aromatic nitrogens is 2. The Balaban J connectivity index is 2.02. The number of rotatable bonds is 9. The normalized spacial score (nSPS) is 16.1. The highest BCUT2D eigenvalue weighted by atomic mass is 16.5. The largest absolute Gasteiger partial charge is 0.383 e. The van der Waals surface area contributed by atoms with Gasteiger partial charge in [-0.3, -0.25) is 0 Å². The van der Waals surface area contributed by atoms with Crippen LogP contribution in [0.5, 0.6) is 0 Å². The molecule has 0 aliphatic heterocycles. The molecule has 1 heterocycles. The summed E-state index contributed by atoms with van der Waals surface area (Å²) >= 11 is 0. The van der Waals surface area contributed by atoms with Gasteiger partial charge in [-0.1, -0.05) is 6.92 Å². The first-order chi connectivity index (χ1) is 9.76. The fourth-order valence-electron chi connectivity index (χ4n) is 2.40. The maximum absolute atomic E-state index is 5.22. The Bertz CT molecular complexity index is 391. The zero-order valence-corrected chi connectivity index (χ0v) is 12.8. The number of methoxy groups -OCH3 is 1. The molecule has 0 radical (unpaired) electrons. The van der Waals surface area contributed by atoms with Gasteiger partial charge >= 0.3 is 0 Å². The molecule has 1 aromatic heterocycles. The molecule has 2 rings (SSSR count). The van der Waals surface area contributed by atoms with Crippen molar-refractivity contribution in [3.8, 4) is 0 Å². The molecule has 1 aliphatic carbocycles. The van der Waals surface area contributed by atoms with Crippen LogP contribution in [0, 0.1) is 5.92 Å². The highest BCUT2D eigenvalue weighted by Gasteiger charge is 2.32. The Kier molecular flexibility index (Phi) is 5.73. The van der Waals surface area contributed by atoms with Crippen molar-refractivity contribution in [1.29, 1.82) is 0 Å². The van der Waals surface area contributed by atoms with E-state index in [0.717, 1.165) is 43.7 Å². The quantitative estimate of drug-likeness (QED) is 0.747. The lowest BCUT2D eigenvalue weighted by Crippen LogP contribution is -2.38. The Morgan fingerprint density at radius 3 is 2.75 bits per heavy atom. The summed E-state index contributed by atoms with van der Waals surface area (Å²) in [6, 6.07) is 4.65. The van der Waals surface area contributed by atoms with Gasteiger partial charge in [0.05, 0.1) is 12.3 Å². The lowest BCUT2D eigenvalue weighted by Gasteiger charge is -2.29. The van der Waals surface area contributed by atoms with E-state index in [0.29, 0.717) is 6.04 Å². The van der Waals surface area contributed by atoms with Gasteiger partial charge in [0, 0.05) is 26.2 Å². The third-order valence-electron chi connectivity index (χ3n) is 3.89. The summed E-state index contributed by atoms with van der Waals surface area (Å²) in [5, 5.41) is 12.0. The second-order valence-corrected chi connectivity index (χ2v) is 5.43. The minimum absolute atomic E-state index is 0.513. The molecule has 1 fully saturated rings. The monoisotopic (exact) mass is 278 g/mol. The molecule has 1 atom stereocenters. The Hall–Kier alpha value is -1.20. The molecule has 1 saturated carbocycles. The molecule has 1 unspecified atom stereocenters. The van der Waals surface area contributed by atoms with Crippen LogP contribution in [-0.4, -0.2) is 43.0 Å². The predicted octanol–water partition coefficient (Wildman–Crippen LogP) is 1.84. The first-order valence-corrected chi connectivity index (χ1v) is 7.55. The summed E-state index contributed by atoms with van der Waals surface area (Å²) in [4.78, 5) is 2.32. The highest BCUT2D eigenvalue weighted by molar-refractivity contribution is 5.39. The number of hydrogen-bond acceptors (Lipinski definition) is 5. The van der Waals surface area contributed by atoms with E-state index in [4.69, 9.17) is 4.74 Å². The van der Waals surface area contributed by atoms with Gasteiger partial charge < -0.3 is 15.0 Å². The Labute approximate surface area is 121 Å². The molecule has 1 aliphatic rings. The molecule has 0 bridgehead atoms. The SMILES string of the molecule is CCNCc1ccc(N(CCOC)C(C)C2CC2)nn1. The number of ether oxygens (including phenoxy) is 1. The fourth-order valence-corrected chi connectivity index (χ4v) is 2.40. The minimum Gasteiger partial charge on any atom is -0.383 e. The predicted molar refractivity (Wildman–Crippen MR) is 80.8 cm³/mol. The van der Waals surface area contributed by atoms with E-state index in [1.807, 2.05) is 0 Å². The van der Waals surface area contributed by atoms with Crippen LogP contribution in [0.2, 0.25) is 0 Å². The summed E-state index contributed by atoms with van der Waals surface area (Å²) in [6.07, 6.45) is 2.66. The smallest absolute Gasteiger partial charge is 0.151 e. The molecule has 112 valence electrons. The first-order valence-electron chi connectivity index (χ1n) is 7.55. The van der Waals surface area contributed by atoms with Crippen molar-refractivity contribution in [2.24, 2.45) is 5.92 Å². The van der Waals surface area contributed by atoms with Crippen molar-refractivity contribution < 1.29 is 4.74 Å². The van der Waals surface area contributed by atoms with Crippen molar-refractivity contribution in [1.82, 2.24) is 15.5 Å². The van der Waals surface area contributed by atoms with E-state index in [2.05, 4.69) is 46.4 Å². The minimum atomic E-state index is 0.513. The maximum atomic E-state index is 5.22. The highest BCUT2D eigenvalue weighted by Crippen LogP contribution is 2.36. The molecule has 1 aromatic rings. The van der Waals surface area contributed by atoms with Gasteiger partial charge in [-0.2, -0.15) is 5.10 Å². The summed E-state index contributed by atoms with van der Waals surface area (Å²) in [5.41, 5.74) is 0.987.